The minimum atomic E-state index is -0.331. The zero-order valence-corrected chi connectivity index (χ0v) is 11.3. The number of methoxy groups -OCH3 is 1. The highest BCUT2D eigenvalue weighted by Gasteiger charge is 2.10. The van der Waals surface area contributed by atoms with E-state index in [1.165, 1.54) is 16.2 Å². The fraction of sp³-hybridized carbons (Fsp3) is 0.231. The van der Waals surface area contributed by atoms with Gasteiger partial charge in [0.05, 0.1) is 12.8 Å². The maximum absolute atomic E-state index is 11.9. The monoisotopic (exact) mass is 276 g/mol. The number of nitrogens with one attached hydrogen (secondary N) is 1. The lowest BCUT2D eigenvalue weighted by molar-refractivity contribution is -0.116. The van der Waals surface area contributed by atoms with Crippen molar-refractivity contribution >= 4 is 17.3 Å². The number of amides is 1. The molecule has 0 radical (unpaired) electrons. The molecule has 2 rings (SSSR count). The maximum atomic E-state index is 11.9. The average Bonchev–Trinajstić information content (AvgIpc) is 2.71. The molecule has 7 nitrogen and oxygen atoms in total. The van der Waals surface area contributed by atoms with Crippen molar-refractivity contribution in [1.82, 2.24) is 9.13 Å². The van der Waals surface area contributed by atoms with Crippen molar-refractivity contribution in [3.8, 4) is 5.75 Å². The Hall–Kier alpha value is -2.70. The Morgan fingerprint density at radius 1 is 1.40 bits per heavy atom. The van der Waals surface area contributed by atoms with E-state index in [4.69, 9.17) is 10.5 Å². The van der Waals surface area contributed by atoms with E-state index < -0.39 is 0 Å². The van der Waals surface area contributed by atoms with E-state index in [9.17, 15) is 9.59 Å². The lowest BCUT2D eigenvalue weighted by Crippen LogP contribution is -2.28. The largest absolute Gasteiger partial charge is 0.495 e. The number of anilines is 2. The molecular weight excluding hydrogens is 260 g/mol. The number of nitrogen functional groups attached to an aromatic ring is 1. The molecular formula is C13H16N4O3. The summed E-state index contributed by atoms with van der Waals surface area (Å²) in [6, 6.07) is 4.94. The van der Waals surface area contributed by atoms with E-state index >= 15 is 0 Å². The average molecular weight is 276 g/mol. The van der Waals surface area contributed by atoms with Gasteiger partial charge in [-0.2, -0.15) is 0 Å². The van der Waals surface area contributed by atoms with Crippen molar-refractivity contribution in [2.45, 2.75) is 6.54 Å². The molecule has 1 heterocycles. The summed E-state index contributed by atoms with van der Waals surface area (Å²) in [4.78, 5) is 23.6. The molecule has 1 aromatic heterocycles. The highest BCUT2D eigenvalue weighted by Crippen LogP contribution is 2.26. The molecule has 20 heavy (non-hydrogen) atoms. The normalized spacial score (nSPS) is 10.3. The van der Waals surface area contributed by atoms with Crippen LogP contribution in [-0.2, 0) is 18.4 Å². The number of rotatable bonds is 4. The van der Waals surface area contributed by atoms with Crippen LogP contribution in [0.5, 0.6) is 5.75 Å². The second-order valence-corrected chi connectivity index (χ2v) is 4.33. The molecule has 0 saturated carbocycles. The third-order valence-corrected chi connectivity index (χ3v) is 2.83. The summed E-state index contributed by atoms with van der Waals surface area (Å²) >= 11 is 0. The molecule has 0 aliphatic heterocycles. The van der Waals surface area contributed by atoms with Crippen LogP contribution in [0.15, 0.2) is 35.4 Å². The van der Waals surface area contributed by atoms with Crippen LogP contribution in [0.25, 0.3) is 0 Å². The number of hydrogen-bond donors (Lipinski definition) is 2. The van der Waals surface area contributed by atoms with Gasteiger partial charge in [-0.3, -0.25) is 9.36 Å². The summed E-state index contributed by atoms with van der Waals surface area (Å²) in [6.45, 7) is -0.0718. The van der Waals surface area contributed by atoms with Gasteiger partial charge in [-0.1, -0.05) is 0 Å². The lowest BCUT2D eigenvalue weighted by Gasteiger charge is -2.10. The fourth-order valence-corrected chi connectivity index (χ4v) is 1.80. The molecule has 106 valence electrons. The maximum Gasteiger partial charge on any atom is 0.328 e. The number of benzene rings is 1. The van der Waals surface area contributed by atoms with Crippen LogP contribution < -0.4 is 21.5 Å². The molecule has 7 heteroatoms. The van der Waals surface area contributed by atoms with Gasteiger partial charge in [-0.05, 0) is 18.2 Å². The van der Waals surface area contributed by atoms with Crippen LogP contribution in [0.1, 0.15) is 0 Å². The van der Waals surface area contributed by atoms with Crippen LogP contribution in [0.2, 0.25) is 0 Å². The highest BCUT2D eigenvalue weighted by molar-refractivity contribution is 5.92. The molecule has 3 N–H and O–H groups in total. The van der Waals surface area contributed by atoms with Gasteiger partial charge in [0.2, 0.25) is 5.91 Å². The Kier molecular flexibility index (Phi) is 3.79. The van der Waals surface area contributed by atoms with Crippen molar-refractivity contribution in [2.75, 3.05) is 18.2 Å². The lowest BCUT2D eigenvalue weighted by atomic mass is 10.2. The van der Waals surface area contributed by atoms with Gasteiger partial charge in [-0.25, -0.2) is 4.79 Å². The van der Waals surface area contributed by atoms with Crippen LogP contribution in [-0.4, -0.2) is 22.2 Å². The summed E-state index contributed by atoms with van der Waals surface area (Å²) in [5, 5.41) is 2.67. The molecule has 0 unspecified atom stereocenters. The number of hydrogen-bond acceptors (Lipinski definition) is 4. The quantitative estimate of drug-likeness (QED) is 0.792. The number of nitrogens with zero attached hydrogens (tertiary/aromatic N) is 2. The summed E-state index contributed by atoms with van der Waals surface area (Å²) in [6.07, 6.45) is 3.15. The minimum absolute atomic E-state index is 0.0718. The van der Waals surface area contributed by atoms with Crippen molar-refractivity contribution in [2.24, 2.45) is 7.05 Å². The molecule has 0 aliphatic rings. The van der Waals surface area contributed by atoms with E-state index in [0.717, 1.165) is 0 Å². The standard InChI is InChI=1S/C13H16N4O3/c1-16-5-6-17(13(16)19)8-12(18)15-10-7-9(14)3-4-11(10)20-2/h3-7H,8,14H2,1-2H3,(H,15,18). The minimum Gasteiger partial charge on any atom is -0.495 e. The topological polar surface area (TPSA) is 91.3 Å². The van der Waals surface area contributed by atoms with E-state index in [-0.39, 0.29) is 18.1 Å². The number of aromatic nitrogens is 2. The van der Waals surface area contributed by atoms with Gasteiger partial charge >= 0.3 is 5.69 Å². The highest BCUT2D eigenvalue weighted by atomic mass is 16.5. The van der Waals surface area contributed by atoms with Gasteiger partial charge in [0.15, 0.2) is 0 Å². The molecule has 0 fully saturated rings. The van der Waals surface area contributed by atoms with Crippen LogP contribution in [0.4, 0.5) is 11.4 Å². The molecule has 0 atom stereocenters. The van der Waals surface area contributed by atoms with Gasteiger partial charge in [-0.15, -0.1) is 0 Å². The van der Waals surface area contributed by atoms with Gasteiger partial charge in [0, 0.05) is 25.1 Å². The third kappa shape index (κ3) is 2.82. The zero-order chi connectivity index (χ0) is 14.7. The first-order chi connectivity index (χ1) is 9.51. The number of ether oxygens (including phenoxy) is 1. The Bertz CT molecular complexity index is 687. The van der Waals surface area contributed by atoms with Gasteiger partial charge in [0.1, 0.15) is 12.3 Å². The summed E-state index contributed by atoms with van der Waals surface area (Å²) < 4.78 is 7.85. The van der Waals surface area contributed by atoms with Crippen molar-refractivity contribution in [1.29, 1.82) is 0 Å². The summed E-state index contributed by atoms with van der Waals surface area (Å²) in [5.74, 6) is 0.176. The van der Waals surface area contributed by atoms with Crippen LogP contribution >= 0.6 is 0 Å². The number of nitrogens with two attached hydrogens (primary N) is 1. The molecule has 0 bridgehead atoms. The van der Waals surface area contributed by atoms with Crippen LogP contribution in [0, 0.1) is 0 Å². The van der Waals surface area contributed by atoms with Crippen molar-refractivity contribution < 1.29 is 9.53 Å². The molecule has 2 aromatic rings. The fourth-order valence-electron chi connectivity index (χ4n) is 1.80. The summed E-state index contributed by atoms with van der Waals surface area (Å²) in [7, 11) is 3.13. The van der Waals surface area contributed by atoms with E-state index in [0.29, 0.717) is 17.1 Å². The third-order valence-electron chi connectivity index (χ3n) is 2.83. The molecule has 0 aliphatic carbocycles. The second kappa shape index (κ2) is 5.52. The first-order valence-corrected chi connectivity index (χ1v) is 5.96. The Balaban J connectivity index is 2.14. The zero-order valence-electron chi connectivity index (χ0n) is 11.3. The summed E-state index contributed by atoms with van der Waals surface area (Å²) in [5.41, 5.74) is 6.41. The molecule has 1 amide bonds. The first kappa shape index (κ1) is 13.7. The molecule has 1 aromatic carbocycles. The van der Waals surface area contributed by atoms with Crippen molar-refractivity contribution in [3.63, 3.8) is 0 Å². The van der Waals surface area contributed by atoms with E-state index in [2.05, 4.69) is 5.32 Å². The van der Waals surface area contributed by atoms with Crippen LogP contribution in [0.3, 0.4) is 0 Å². The first-order valence-electron chi connectivity index (χ1n) is 5.96. The number of imidazole rings is 1. The number of aryl methyl sites for hydroxylation is 1. The molecule has 0 spiro atoms. The Morgan fingerprint density at radius 2 is 2.15 bits per heavy atom. The predicted octanol–water partition coefficient (Wildman–Crippen LogP) is 0.416. The van der Waals surface area contributed by atoms with Crippen molar-refractivity contribution in [3.05, 3.63) is 41.1 Å². The molecule has 0 saturated heterocycles. The van der Waals surface area contributed by atoms with Gasteiger partial charge in [0.25, 0.3) is 0 Å². The number of carbonyl (C=O) groups is 1. The smallest absolute Gasteiger partial charge is 0.328 e. The number of carbonyl (C=O) groups excluding carboxylic acids is 1. The van der Waals surface area contributed by atoms with E-state index in [1.807, 2.05) is 0 Å². The van der Waals surface area contributed by atoms with Gasteiger partial charge < -0.3 is 20.4 Å². The Morgan fingerprint density at radius 3 is 2.75 bits per heavy atom. The second-order valence-electron chi connectivity index (χ2n) is 4.33. The predicted molar refractivity (Wildman–Crippen MR) is 75.7 cm³/mol. The van der Waals surface area contributed by atoms with E-state index in [1.54, 1.807) is 37.6 Å². The SMILES string of the molecule is COc1ccc(N)cc1NC(=O)Cn1ccn(C)c1=O. The Labute approximate surface area is 115 Å².